The van der Waals surface area contributed by atoms with Crippen molar-refractivity contribution < 1.29 is 17.3 Å². The normalized spacial score (nSPS) is 10.4. The minimum Gasteiger partial charge on any atom is -0.489 e. The van der Waals surface area contributed by atoms with E-state index in [2.05, 4.69) is 196 Å². The van der Waals surface area contributed by atoms with Gasteiger partial charge >= 0.3 is 10.3 Å². The molecule has 0 saturated carbocycles. The monoisotopic (exact) mass is 1970 g/mol. The summed E-state index contributed by atoms with van der Waals surface area (Å²) in [6.07, 6.45) is 22.4. The molecule has 7 heterocycles. The molecule has 0 aliphatic carbocycles. The van der Waals surface area contributed by atoms with Crippen LogP contribution >= 0.6 is 0 Å². The second-order valence-electron chi connectivity index (χ2n) is 33.3. The van der Waals surface area contributed by atoms with E-state index >= 15 is 0 Å². The Morgan fingerprint density at radius 1 is 0.235 bits per heavy atom. The fourth-order valence-electron chi connectivity index (χ4n) is 15.5. The molecular formula is C117H93N27O4S. The Kier molecular flexibility index (Phi) is 35.4. The number of nitriles is 5. The molecule has 0 unspecified atom stereocenters. The third kappa shape index (κ3) is 30.6. The Labute approximate surface area is 860 Å². The number of nitrogens with two attached hydrogens (primary N) is 1. The lowest BCUT2D eigenvalue weighted by Crippen LogP contribution is -2.18. The molecule has 31 nitrogen and oxygen atoms in total. The molecule has 0 fully saturated rings. The van der Waals surface area contributed by atoms with Gasteiger partial charge in [-0.1, -0.05) is 273 Å². The van der Waals surface area contributed by atoms with E-state index in [0.717, 1.165) is 118 Å². The van der Waals surface area contributed by atoms with Crippen LogP contribution in [0.2, 0.25) is 0 Å². The van der Waals surface area contributed by atoms with E-state index < -0.39 is 10.3 Å². The topological polar surface area (TPSA) is 413 Å². The molecule has 0 bridgehead atoms. The van der Waals surface area contributed by atoms with Crippen LogP contribution in [0.25, 0.3) is 77.9 Å². The highest BCUT2D eigenvalue weighted by atomic mass is 32.2. The summed E-state index contributed by atoms with van der Waals surface area (Å²) in [5, 5.41) is 79.1. The van der Waals surface area contributed by atoms with Crippen LogP contribution < -0.4 is 14.1 Å². The minimum atomic E-state index is -4.00. The minimum absolute atomic E-state index is 0.180. The molecule has 0 aliphatic heterocycles. The van der Waals surface area contributed by atoms with Gasteiger partial charge in [-0.15, -0.1) is 0 Å². The molecule has 22 rings (SSSR count). The maximum absolute atomic E-state index is 10.9. The van der Waals surface area contributed by atoms with Gasteiger partial charge in [0.1, 0.15) is 107 Å². The van der Waals surface area contributed by atoms with E-state index in [1.807, 2.05) is 259 Å². The van der Waals surface area contributed by atoms with Crippen LogP contribution in [0, 0.1) is 56.7 Å². The number of hydrogen-bond donors (Lipinski definition) is 1. The van der Waals surface area contributed by atoms with E-state index in [-0.39, 0.29) is 5.75 Å². The van der Waals surface area contributed by atoms with E-state index in [4.69, 9.17) is 20.4 Å². The lowest BCUT2D eigenvalue weighted by atomic mass is 9.98. The van der Waals surface area contributed by atoms with Gasteiger partial charge in [-0.25, -0.2) is 67.7 Å². The summed E-state index contributed by atoms with van der Waals surface area (Å²) in [7, 11) is -4.00. The third-order valence-electron chi connectivity index (χ3n) is 22.9. The fourth-order valence-corrected chi connectivity index (χ4v) is 15.9. The number of aromatic nitrogens is 21. The maximum Gasteiger partial charge on any atom is 0.380 e. The number of rotatable bonds is 26. The van der Waals surface area contributed by atoms with Gasteiger partial charge in [0.05, 0.1) is 104 Å². The first-order valence-electron chi connectivity index (χ1n) is 46.7. The summed E-state index contributed by atoms with van der Waals surface area (Å²) in [6, 6.07) is 132. The summed E-state index contributed by atoms with van der Waals surface area (Å²) in [6.45, 7) is 5.04. The first-order chi connectivity index (χ1) is 73.1. The lowest BCUT2D eigenvalue weighted by Gasteiger charge is -2.10. The third-order valence-corrected chi connectivity index (χ3v) is 23.3. The van der Waals surface area contributed by atoms with Gasteiger partial charge in [-0.2, -0.15) is 75.6 Å². The fraction of sp³-hybridized carbons (Fsp3) is 0.0684. The highest BCUT2D eigenvalue weighted by Crippen LogP contribution is 2.32. The smallest absolute Gasteiger partial charge is 0.380 e. The molecule has 7 aromatic heterocycles. The van der Waals surface area contributed by atoms with Crippen molar-refractivity contribution >= 4 is 10.3 Å². The zero-order valence-electron chi connectivity index (χ0n) is 80.2. The summed E-state index contributed by atoms with van der Waals surface area (Å²) in [4.78, 5) is 27.5. The first kappa shape index (κ1) is 101. The number of hydrogen-bond acceptors (Lipinski definition) is 23. The Balaban J connectivity index is 0.000000124. The van der Waals surface area contributed by atoms with E-state index in [0.29, 0.717) is 73.7 Å². The van der Waals surface area contributed by atoms with Crippen LogP contribution in [0.15, 0.2) is 459 Å². The summed E-state index contributed by atoms with van der Waals surface area (Å²) >= 11 is 0. The summed E-state index contributed by atoms with van der Waals surface area (Å²) < 4.78 is 44.5. The number of nitrogens with zero attached hydrogens (tertiary/aromatic N) is 26. The zero-order valence-corrected chi connectivity index (χ0v) is 81.0. The lowest BCUT2D eigenvalue weighted by molar-refractivity contribution is 0.306. The van der Waals surface area contributed by atoms with Crippen molar-refractivity contribution in [3.8, 4) is 120 Å². The molecule has 32 heteroatoms. The van der Waals surface area contributed by atoms with Crippen molar-refractivity contribution in [2.75, 3.05) is 0 Å². The average Bonchev–Trinajstić information content (AvgIpc) is 1.78. The molecule has 149 heavy (non-hydrogen) atoms. The zero-order chi connectivity index (χ0) is 103. The quantitative estimate of drug-likeness (QED) is 0.0526. The molecule has 0 radical (unpaired) electrons. The largest absolute Gasteiger partial charge is 0.489 e. The summed E-state index contributed by atoms with van der Waals surface area (Å²) in [5.74, 6) is 1.00. The van der Waals surface area contributed by atoms with Gasteiger partial charge in [0.2, 0.25) is 0 Å². The molecular weight excluding hydrogens is 1880 g/mol. The Bertz CT molecular complexity index is 8280. The highest BCUT2D eigenvalue weighted by Gasteiger charge is 2.15. The van der Waals surface area contributed by atoms with Crippen LogP contribution in [-0.4, -0.2) is 112 Å². The van der Waals surface area contributed by atoms with Crippen LogP contribution in [0.4, 0.5) is 0 Å². The standard InChI is InChI=1S/C23H18N4O.4C16H12N4.C15H14N4O3S.C15H13N3/c24-13-21-7-6-20(12-22(21)14-27-17-25-16-26-27)19-8-10-23(11-9-19)28-15-18-4-2-1-3-5-18;17-9-13-3-1-5-15(7-13)16-6-2-4-14(8-16)10-20-12-18-11-19-20;17-9-13-4-6-15(7-5-13)16-3-1-2-14(8-16)10-20-12-18-11-19-20;17-9-15-7-6-13(10-20-12-18-11-19-20)8-16(15)14-4-2-1-3-5-14;17-9-15-7-6-14(13-4-2-1-3-5-13)8-16(15)10-20-12-18-11-19-20;16-23(20,21)22-15-7-5-14(6-8-15)13-3-1-12(2-4-13)9-19-11-17-10-18-19;1-2-4-14(5-3-1)15-8-6-13(7-9-15)10-18-12-16-11-17-18/h1-12,16-17H,14-15H2;4*1-8,11-12H,10H2;1-8,10-11H,9H2,(H2,16,20,21);1-9,11-12H,10H2. The Morgan fingerprint density at radius 2 is 0.517 bits per heavy atom. The average molecular weight is 1970 g/mol. The molecule has 0 saturated heterocycles. The van der Waals surface area contributed by atoms with Gasteiger partial charge < -0.3 is 8.92 Å². The number of benzene rings is 15. The molecule has 726 valence electrons. The van der Waals surface area contributed by atoms with Gasteiger partial charge in [0, 0.05) is 0 Å². The van der Waals surface area contributed by atoms with E-state index in [1.165, 1.54) is 54.7 Å². The molecule has 0 aliphatic rings. The Hall–Kier alpha value is -20.8. The van der Waals surface area contributed by atoms with Crippen molar-refractivity contribution in [2.45, 2.75) is 52.4 Å². The van der Waals surface area contributed by atoms with Gasteiger partial charge in [-0.3, -0.25) is 0 Å². The molecule has 2 N–H and O–H groups in total. The first-order valence-corrected chi connectivity index (χ1v) is 48.1. The summed E-state index contributed by atoms with van der Waals surface area (Å²) in [5.41, 5.74) is 27.2. The molecule has 15 aromatic carbocycles. The SMILES string of the molecule is N#Cc1ccc(-c2ccc(OCc3ccccc3)cc2)cc1Cn1cncn1.N#Cc1ccc(-c2cccc(Cn3cncn3)c2)cc1.N#Cc1ccc(-c2ccccc2)cc1Cn1cncn1.N#Cc1ccc(Cn2cncn2)cc1-c1ccccc1.N#Cc1cccc(-c2cccc(Cn3cncn3)c2)c1.NS(=O)(=O)Oc1ccc(-c2ccc(Cn3cncn3)cc2)cc1.c1ccc(-c2ccc(Cn3cncn3)cc2)cc1. The van der Waals surface area contributed by atoms with E-state index in [9.17, 15) is 24.2 Å². The predicted octanol–water partition coefficient (Wildman–Crippen LogP) is 20.5. The second-order valence-corrected chi connectivity index (χ2v) is 34.4. The Morgan fingerprint density at radius 3 is 0.899 bits per heavy atom. The second kappa shape index (κ2) is 52.1. The maximum atomic E-state index is 10.9. The predicted molar refractivity (Wildman–Crippen MR) is 565 cm³/mol. The van der Waals surface area contributed by atoms with Gasteiger partial charge in [-0.05, 0) is 219 Å². The van der Waals surface area contributed by atoms with Crippen molar-refractivity contribution in [1.29, 1.82) is 26.3 Å². The molecule has 0 spiro atoms. The molecule has 0 atom stereocenters. The number of ether oxygens (including phenoxy) is 1. The van der Waals surface area contributed by atoms with Gasteiger partial charge in [0.15, 0.2) is 0 Å². The van der Waals surface area contributed by atoms with E-state index in [1.54, 1.807) is 103 Å². The van der Waals surface area contributed by atoms with Crippen molar-refractivity contribution in [1.82, 2.24) is 103 Å². The highest BCUT2D eigenvalue weighted by molar-refractivity contribution is 7.84. The molecule has 0 amide bonds. The van der Waals surface area contributed by atoms with Crippen LogP contribution in [-0.2, 0) is 62.7 Å². The van der Waals surface area contributed by atoms with Crippen molar-refractivity contribution in [3.05, 3.63) is 531 Å². The van der Waals surface area contributed by atoms with Crippen molar-refractivity contribution in [2.24, 2.45) is 5.14 Å². The van der Waals surface area contributed by atoms with Gasteiger partial charge in [0.25, 0.3) is 0 Å². The van der Waals surface area contributed by atoms with Crippen LogP contribution in [0.5, 0.6) is 11.5 Å². The van der Waals surface area contributed by atoms with Crippen molar-refractivity contribution in [3.63, 3.8) is 0 Å². The van der Waals surface area contributed by atoms with Crippen LogP contribution in [0.1, 0.15) is 72.3 Å². The molecule has 22 aromatic rings. The van der Waals surface area contributed by atoms with Crippen LogP contribution in [0.3, 0.4) is 0 Å².